The lowest BCUT2D eigenvalue weighted by Crippen LogP contribution is -1.95. The molecule has 0 saturated carbocycles. The van der Waals surface area contributed by atoms with Crippen LogP contribution in [0.25, 0.3) is 11.5 Å². The van der Waals surface area contributed by atoms with Gasteiger partial charge < -0.3 is 13.9 Å². The Balaban J connectivity index is 1.64. The van der Waals surface area contributed by atoms with E-state index in [9.17, 15) is 0 Å². The Hall–Kier alpha value is -2.47. The number of nitrogens with zero attached hydrogens (tertiary/aromatic N) is 2. The van der Waals surface area contributed by atoms with E-state index >= 15 is 0 Å². The van der Waals surface area contributed by atoms with Crippen LogP contribution in [0.4, 0.5) is 0 Å². The molecule has 0 saturated heterocycles. The average Bonchev–Trinajstić information content (AvgIpc) is 3.09. The summed E-state index contributed by atoms with van der Waals surface area (Å²) >= 11 is 1.69. The highest BCUT2D eigenvalue weighted by Crippen LogP contribution is 2.22. The minimum Gasteiger partial charge on any atom is -0.497 e. The molecule has 3 aromatic rings. The van der Waals surface area contributed by atoms with E-state index in [1.807, 2.05) is 54.8 Å². The molecule has 0 N–H and O–H groups in total. The molecule has 6 heteroatoms. The van der Waals surface area contributed by atoms with Crippen LogP contribution in [0, 0.1) is 0 Å². The van der Waals surface area contributed by atoms with Crippen LogP contribution in [0.15, 0.2) is 57.8 Å². The first-order chi connectivity index (χ1) is 11.3. The molecule has 0 fully saturated rings. The van der Waals surface area contributed by atoms with Crippen LogP contribution in [0.5, 0.6) is 11.5 Å². The summed E-state index contributed by atoms with van der Waals surface area (Å²) in [5, 5.41) is 8.05. The van der Waals surface area contributed by atoms with Crippen molar-refractivity contribution in [2.75, 3.05) is 13.4 Å². The largest absolute Gasteiger partial charge is 0.497 e. The van der Waals surface area contributed by atoms with Gasteiger partial charge in [0.25, 0.3) is 5.89 Å². The molecule has 0 aliphatic carbocycles. The van der Waals surface area contributed by atoms with Gasteiger partial charge in [0.05, 0.1) is 7.11 Å². The fourth-order valence-electron chi connectivity index (χ4n) is 1.98. The van der Waals surface area contributed by atoms with Gasteiger partial charge in [-0.15, -0.1) is 22.0 Å². The molecule has 3 rings (SSSR count). The number of thioether (sulfide) groups is 1. The van der Waals surface area contributed by atoms with Crippen molar-refractivity contribution in [3.8, 4) is 23.0 Å². The highest BCUT2D eigenvalue weighted by Gasteiger charge is 2.09. The maximum Gasteiger partial charge on any atom is 0.254 e. The molecule has 1 heterocycles. The van der Waals surface area contributed by atoms with Crippen molar-refractivity contribution in [1.82, 2.24) is 10.2 Å². The SMILES string of the molecule is COc1ccc(-c2nnc(COc3ccc(SC)cc3)o2)cc1. The van der Waals surface area contributed by atoms with E-state index in [0.717, 1.165) is 17.1 Å². The van der Waals surface area contributed by atoms with Crippen molar-refractivity contribution in [1.29, 1.82) is 0 Å². The first-order valence-electron chi connectivity index (χ1n) is 7.02. The summed E-state index contributed by atoms with van der Waals surface area (Å²) in [6.07, 6.45) is 2.04. The van der Waals surface area contributed by atoms with E-state index in [4.69, 9.17) is 13.9 Å². The summed E-state index contributed by atoms with van der Waals surface area (Å²) < 4.78 is 16.4. The molecular formula is C17H16N2O3S. The fourth-order valence-corrected chi connectivity index (χ4v) is 2.39. The van der Waals surface area contributed by atoms with Crippen LogP contribution >= 0.6 is 11.8 Å². The minimum atomic E-state index is 0.238. The standard InChI is InChI=1S/C17H16N2O3S/c1-20-13-5-3-12(4-6-13)17-19-18-16(22-17)11-21-14-7-9-15(23-2)10-8-14/h3-10H,11H2,1-2H3. The molecule has 118 valence electrons. The Morgan fingerprint density at radius 1 is 0.957 bits per heavy atom. The van der Waals surface area contributed by atoms with E-state index in [1.54, 1.807) is 18.9 Å². The van der Waals surface area contributed by atoms with E-state index in [0.29, 0.717) is 11.8 Å². The van der Waals surface area contributed by atoms with Crippen molar-refractivity contribution < 1.29 is 13.9 Å². The Kier molecular flexibility index (Phi) is 4.83. The normalized spacial score (nSPS) is 10.5. The number of aromatic nitrogens is 2. The summed E-state index contributed by atoms with van der Waals surface area (Å²) in [4.78, 5) is 1.19. The number of hydrogen-bond acceptors (Lipinski definition) is 6. The molecule has 0 bridgehead atoms. The Bertz CT molecular complexity index is 754. The highest BCUT2D eigenvalue weighted by molar-refractivity contribution is 7.98. The molecule has 5 nitrogen and oxygen atoms in total. The molecule has 0 spiro atoms. The van der Waals surface area contributed by atoms with E-state index in [2.05, 4.69) is 10.2 Å². The van der Waals surface area contributed by atoms with Crippen LogP contribution in [-0.4, -0.2) is 23.6 Å². The molecule has 0 amide bonds. The van der Waals surface area contributed by atoms with Gasteiger partial charge in [0.2, 0.25) is 5.89 Å². The van der Waals surface area contributed by atoms with Gasteiger partial charge in [-0.05, 0) is 54.8 Å². The number of rotatable bonds is 6. The maximum atomic E-state index is 5.65. The molecule has 2 aromatic carbocycles. The second kappa shape index (κ2) is 7.19. The van der Waals surface area contributed by atoms with Gasteiger partial charge in [-0.1, -0.05) is 0 Å². The third kappa shape index (κ3) is 3.84. The average molecular weight is 328 g/mol. The second-order valence-corrected chi connectivity index (χ2v) is 5.57. The Morgan fingerprint density at radius 2 is 1.65 bits per heavy atom. The third-order valence-corrected chi connectivity index (χ3v) is 3.97. The monoisotopic (exact) mass is 328 g/mol. The quantitative estimate of drug-likeness (QED) is 0.636. The summed E-state index contributed by atoms with van der Waals surface area (Å²) in [5.74, 6) is 2.45. The second-order valence-electron chi connectivity index (χ2n) is 4.69. The van der Waals surface area contributed by atoms with Crippen molar-refractivity contribution in [3.63, 3.8) is 0 Å². The summed E-state index contributed by atoms with van der Waals surface area (Å²) in [7, 11) is 1.63. The number of methoxy groups -OCH3 is 1. The molecule has 0 aliphatic rings. The Labute approximate surface area is 138 Å². The molecule has 0 radical (unpaired) electrons. The molecular weight excluding hydrogens is 312 g/mol. The number of hydrogen-bond donors (Lipinski definition) is 0. The van der Waals surface area contributed by atoms with Crippen LogP contribution in [-0.2, 0) is 6.61 Å². The fraction of sp³-hybridized carbons (Fsp3) is 0.176. The van der Waals surface area contributed by atoms with Gasteiger partial charge >= 0.3 is 0 Å². The lowest BCUT2D eigenvalue weighted by Gasteiger charge is -2.03. The zero-order chi connectivity index (χ0) is 16.1. The van der Waals surface area contributed by atoms with Gasteiger partial charge in [0.15, 0.2) is 6.61 Å². The van der Waals surface area contributed by atoms with Gasteiger partial charge in [0, 0.05) is 10.5 Å². The lowest BCUT2D eigenvalue weighted by molar-refractivity contribution is 0.264. The van der Waals surface area contributed by atoms with Gasteiger partial charge in [0.1, 0.15) is 11.5 Å². The summed E-state index contributed by atoms with van der Waals surface area (Å²) in [6, 6.07) is 15.3. The van der Waals surface area contributed by atoms with Crippen LogP contribution in [0.1, 0.15) is 5.89 Å². The topological polar surface area (TPSA) is 57.4 Å². The number of ether oxygens (including phenoxy) is 2. The van der Waals surface area contributed by atoms with Gasteiger partial charge in [-0.2, -0.15) is 0 Å². The van der Waals surface area contributed by atoms with E-state index < -0.39 is 0 Å². The molecule has 1 aromatic heterocycles. The third-order valence-electron chi connectivity index (χ3n) is 3.23. The minimum absolute atomic E-state index is 0.238. The zero-order valence-electron chi connectivity index (χ0n) is 12.9. The van der Waals surface area contributed by atoms with Gasteiger partial charge in [-0.25, -0.2) is 0 Å². The molecule has 0 unspecified atom stereocenters. The molecule has 23 heavy (non-hydrogen) atoms. The Morgan fingerprint density at radius 3 is 2.30 bits per heavy atom. The van der Waals surface area contributed by atoms with Crippen molar-refractivity contribution in [2.45, 2.75) is 11.5 Å². The van der Waals surface area contributed by atoms with Crippen molar-refractivity contribution in [2.24, 2.45) is 0 Å². The zero-order valence-corrected chi connectivity index (χ0v) is 13.7. The summed E-state index contributed by atoms with van der Waals surface area (Å²) in [5.41, 5.74) is 0.842. The molecule has 0 aliphatic heterocycles. The predicted molar refractivity (Wildman–Crippen MR) is 88.8 cm³/mol. The van der Waals surface area contributed by atoms with Crippen LogP contribution in [0.3, 0.4) is 0 Å². The first kappa shape index (κ1) is 15.4. The highest BCUT2D eigenvalue weighted by atomic mass is 32.2. The van der Waals surface area contributed by atoms with Crippen LogP contribution in [0.2, 0.25) is 0 Å². The van der Waals surface area contributed by atoms with E-state index in [1.165, 1.54) is 4.90 Å². The molecule has 0 atom stereocenters. The first-order valence-corrected chi connectivity index (χ1v) is 8.24. The van der Waals surface area contributed by atoms with Crippen molar-refractivity contribution >= 4 is 11.8 Å². The maximum absolute atomic E-state index is 5.65. The van der Waals surface area contributed by atoms with E-state index in [-0.39, 0.29) is 6.61 Å². The lowest BCUT2D eigenvalue weighted by atomic mass is 10.2. The van der Waals surface area contributed by atoms with Crippen LogP contribution < -0.4 is 9.47 Å². The van der Waals surface area contributed by atoms with Crippen molar-refractivity contribution in [3.05, 3.63) is 54.4 Å². The summed E-state index contributed by atoms with van der Waals surface area (Å²) in [6.45, 7) is 0.238. The number of benzene rings is 2. The smallest absolute Gasteiger partial charge is 0.254 e. The predicted octanol–water partition coefficient (Wildman–Crippen LogP) is 4.05. The van der Waals surface area contributed by atoms with Gasteiger partial charge in [-0.3, -0.25) is 0 Å².